The smallest absolute Gasteiger partial charge is 0.251 e. The maximum Gasteiger partial charge on any atom is 0.251 e. The highest BCUT2D eigenvalue weighted by Crippen LogP contribution is 2.40. The summed E-state index contributed by atoms with van der Waals surface area (Å²) in [4.78, 5) is 17.6. The summed E-state index contributed by atoms with van der Waals surface area (Å²) in [6.45, 7) is 1.80. The zero-order valence-electron chi connectivity index (χ0n) is 20.7. The summed E-state index contributed by atoms with van der Waals surface area (Å²) < 4.78 is 16.0. The fourth-order valence-electron chi connectivity index (χ4n) is 4.42. The molecule has 0 aliphatic heterocycles. The van der Waals surface area contributed by atoms with Gasteiger partial charge in [0.15, 0.2) is 5.65 Å². The molecule has 1 saturated carbocycles. The van der Waals surface area contributed by atoms with Gasteiger partial charge in [0.2, 0.25) is 0 Å². The van der Waals surface area contributed by atoms with Crippen LogP contribution in [-0.2, 0) is 6.54 Å². The van der Waals surface area contributed by atoms with E-state index in [-0.39, 0.29) is 18.0 Å². The average molecular weight is 526 g/mol. The van der Waals surface area contributed by atoms with Gasteiger partial charge in [0.25, 0.3) is 5.91 Å². The van der Waals surface area contributed by atoms with Crippen LogP contribution in [0.15, 0.2) is 78.9 Å². The third kappa shape index (κ3) is 4.85. The number of carbonyl (C=O) groups excluding carboxylic acids is 1. The van der Waals surface area contributed by atoms with Crippen LogP contribution >= 0.6 is 11.6 Å². The molecule has 2 N–H and O–H groups in total. The van der Waals surface area contributed by atoms with Crippen molar-refractivity contribution in [1.29, 1.82) is 0 Å². The second-order valence-corrected chi connectivity index (χ2v) is 9.93. The number of aromatic nitrogens is 3. The molecule has 0 saturated heterocycles. The SMILES string of the molecule is Cc1ccc(F)c(CNC(=O)c2ccc(Nc3cc(-c4ccccc4)nc4cc(C5CC5)nn34)cc2)c1Cl. The first-order chi connectivity index (χ1) is 18.5. The molecule has 6 nitrogen and oxygen atoms in total. The maximum atomic E-state index is 14.2. The zero-order valence-corrected chi connectivity index (χ0v) is 21.5. The number of carbonyl (C=O) groups is 1. The lowest BCUT2D eigenvalue weighted by Crippen LogP contribution is -2.23. The number of rotatable bonds is 7. The highest BCUT2D eigenvalue weighted by Gasteiger charge is 2.27. The van der Waals surface area contributed by atoms with Gasteiger partial charge >= 0.3 is 0 Å². The normalized spacial score (nSPS) is 13.0. The Balaban J connectivity index is 1.23. The van der Waals surface area contributed by atoms with Crippen LogP contribution in [0, 0.1) is 12.7 Å². The van der Waals surface area contributed by atoms with Gasteiger partial charge in [-0.1, -0.05) is 48.0 Å². The maximum absolute atomic E-state index is 14.2. The van der Waals surface area contributed by atoms with E-state index in [1.54, 1.807) is 25.1 Å². The summed E-state index contributed by atoms with van der Waals surface area (Å²) in [6.07, 6.45) is 2.31. The van der Waals surface area contributed by atoms with Crippen LogP contribution in [0.5, 0.6) is 0 Å². The Labute approximate surface area is 224 Å². The Hall–Kier alpha value is -4.23. The van der Waals surface area contributed by atoms with Gasteiger partial charge < -0.3 is 10.6 Å². The third-order valence-electron chi connectivity index (χ3n) is 6.74. The van der Waals surface area contributed by atoms with Gasteiger partial charge in [-0.25, -0.2) is 9.37 Å². The number of fused-ring (bicyclic) bond motifs is 1. The Morgan fingerprint density at radius 2 is 1.82 bits per heavy atom. The molecule has 5 aromatic rings. The number of anilines is 2. The van der Waals surface area contributed by atoms with E-state index >= 15 is 0 Å². The van der Waals surface area contributed by atoms with Crippen molar-refractivity contribution in [3.63, 3.8) is 0 Å². The molecule has 1 aliphatic rings. The summed E-state index contributed by atoms with van der Waals surface area (Å²) in [7, 11) is 0. The minimum absolute atomic E-state index is 0.00503. The molecule has 1 aliphatic carbocycles. The lowest BCUT2D eigenvalue weighted by Gasteiger charge is -2.12. The van der Waals surface area contributed by atoms with E-state index in [0.29, 0.717) is 16.5 Å². The summed E-state index contributed by atoms with van der Waals surface area (Å²) in [5, 5.41) is 11.3. The lowest BCUT2D eigenvalue weighted by molar-refractivity contribution is 0.0950. The molecule has 2 heterocycles. The van der Waals surface area contributed by atoms with Crippen LogP contribution < -0.4 is 10.6 Å². The van der Waals surface area contributed by atoms with Gasteiger partial charge in [0.1, 0.15) is 11.6 Å². The summed E-state index contributed by atoms with van der Waals surface area (Å²) in [6, 6.07) is 24.1. The molecule has 190 valence electrons. The summed E-state index contributed by atoms with van der Waals surface area (Å²) in [5.41, 5.74) is 6.00. The fraction of sp³-hybridized carbons (Fsp3) is 0.167. The molecular formula is C30H25ClFN5O. The Morgan fingerprint density at radius 3 is 2.55 bits per heavy atom. The molecule has 1 amide bonds. The molecular weight excluding hydrogens is 501 g/mol. The van der Waals surface area contributed by atoms with E-state index in [9.17, 15) is 9.18 Å². The third-order valence-corrected chi connectivity index (χ3v) is 7.26. The first-order valence-corrected chi connectivity index (χ1v) is 12.9. The number of amides is 1. The van der Waals surface area contributed by atoms with E-state index in [2.05, 4.69) is 16.7 Å². The molecule has 0 unspecified atom stereocenters. The first kappa shape index (κ1) is 24.1. The fourth-order valence-corrected chi connectivity index (χ4v) is 4.64. The Morgan fingerprint density at radius 1 is 1.05 bits per heavy atom. The van der Waals surface area contributed by atoms with Crippen LogP contribution in [-0.4, -0.2) is 20.5 Å². The number of benzene rings is 3. The lowest BCUT2D eigenvalue weighted by atomic mass is 10.1. The quantitative estimate of drug-likeness (QED) is 0.239. The standard InChI is InChI=1S/C30H25ClFN5O/c1-18-7-14-24(32)23(29(18)31)17-33-30(38)21-10-12-22(13-11-21)34-27-15-25(19-5-3-2-4-6-19)35-28-16-26(20-8-9-20)36-37(27)28/h2-7,10-16,20,34H,8-9,17H2,1H3,(H,33,38). The predicted molar refractivity (Wildman–Crippen MR) is 147 cm³/mol. The number of nitrogens with zero attached hydrogens (tertiary/aromatic N) is 3. The highest BCUT2D eigenvalue weighted by molar-refractivity contribution is 6.32. The molecule has 2 aromatic heterocycles. The van der Waals surface area contributed by atoms with E-state index < -0.39 is 5.82 Å². The van der Waals surface area contributed by atoms with Gasteiger partial charge in [-0.3, -0.25) is 4.79 Å². The van der Waals surface area contributed by atoms with Crippen LogP contribution in [0.2, 0.25) is 5.02 Å². The number of hydrogen-bond acceptors (Lipinski definition) is 4. The van der Waals surface area contributed by atoms with Crippen molar-refractivity contribution in [1.82, 2.24) is 19.9 Å². The Bertz CT molecular complexity index is 1650. The molecule has 8 heteroatoms. The zero-order chi connectivity index (χ0) is 26.2. The monoisotopic (exact) mass is 525 g/mol. The minimum Gasteiger partial charge on any atom is -0.348 e. The number of halogens is 2. The number of aryl methyl sites for hydroxylation is 1. The van der Waals surface area contributed by atoms with Crippen molar-refractivity contribution in [2.45, 2.75) is 32.2 Å². The van der Waals surface area contributed by atoms with Crippen molar-refractivity contribution >= 4 is 34.7 Å². The van der Waals surface area contributed by atoms with Crippen LogP contribution in [0.25, 0.3) is 16.9 Å². The van der Waals surface area contributed by atoms with E-state index in [0.717, 1.165) is 52.5 Å². The average Bonchev–Trinajstić information content (AvgIpc) is 3.70. The van der Waals surface area contributed by atoms with Crippen LogP contribution in [0.3, 0.4) is 0 Å². The van der Waals surface area contributed by atoms with Crippen LogP contribution in [0.1, 0.15) is 45.9 Å². The van der Waals surface area contributed by atoms with Crippen molar-refractivity contribution in [2.75, 3.05) is 5.32 Å². The predicted octanol–water partition coefficient (Wildman–Crippen LogP) is 7.05. The number of hydrogen-bond donors (Lipinski definition) is 2. The van der Waals surface area contributed by atoms with E-state index in [4.69, 9.17) is 21.7 Å². The number of nitrogens with one attached hydrogen (secondary N) is 2. The minimum atomic E-state index is -0.442. The van der Waals surface area contributed by atoms with E-state index in [1.807, 2.05) is 53.0 Å². The molecule has 0 radical (unpaired) electrons. The molecule has 38 heavy (non-hydrogen) atoms. The summed E-state index contributed by atoms with van der Waals surface area (Å²) in [5.74, 6) is 0.531. The molecule has 1 fully saturated rings. The van der Waals surface area contributed by atoms with Gasteiger partial charge in [-0.05, 0) is 55.7 Å². The highest BCUT2D eigenvalue weighted by atomic mass is 35.5. The Kier molecular flexibility index (Phi) is 6.29. The molecule has 6 rings (SSSR count). The molecule has 3 aromatic carbocycles. The van der Waals surface area contributed by atoms with E-state index in [1.165, 1.54) is 6.07 Å². The van der Waals surface area contributed by atoms with Crippen LogP contribution in [0.4, 0.5) is 15.9 Å². The first-order valence-electron chi connectivity index (χ1n) is 12.5. The van der Waals surface area contributed by atoms with Crippen molar-refractivity contribution in [3.05, 3.63) is 112 Å². The van der Waals surface area contributed by atoms with Crippen molar-refractivity contribution < 1.29 is 9.18 Å². The topological polar surface area (TPSA) is 71.3 Å². The van der Waals surface area contributed by atoms with Gasteiger partial charge in [0.05, 0.1) is 16.4 Å². The second kappa shape index (κ2) is 9.91. The van der Waals surface area contributed by atoms with Gasteiger partial charge in [-0.15, -0.1) is 0 Å². The largest absolute Gasteiger partial charge is 0.348 e. The molecule has 0 spiro atoms. The summed E-state index contributed by atoms with van der Waals surface area (Å²) >= 11 is 6.23. The molecule has 0 atom stereocenters. The second-order valence-electron chi connectivity index (χ2n) is 9.55. The van der Waals surface area contributed by atoms with Crippen molar-refractivity contribution in [3.8, 4) is 11.3 Å². The van der Waals surface area contributed by atoms with Crippen molar-refractivity contribution in [2.24, 2.45) is 0 Å². The van der Waals surface area contributed by atoms with Gasteiger partial charge in [0, 0.05) is 47.0 Å². The van der Waals surface area contributed by atoms with Gasteiger partial charge in [-0.2, -0.15) is 9.61 Å². The molecule has 0 bridgehead atoms.